The van der Waals surface area contributed by atoms with Crippen molar-refractivity contribution in [3.63, 3.8) is 0 Å². The molecule has 0 saturated heterocycles. The number of nitrogens with one attached hydrogen (secondary N) is 1. The van der Waals surface area contributed by atoms with E-state index in [2.05, 4.69) is 10.3 Å². The Balaban J connectivity index is 2.22. The molecule has 0 bridgehead atoms. The Bertz CT molecular complexity index is 596. The van der Waals surface area contributed by atoms with Gasteiger partial charge in [-0.1, -0.05) is 0 Å². The average molecular weight is 244 g/mol. The molecule has 1 heterocycles. The van der Waals surface area contributed by atoms with E-state index in [0.29, 0.717) is 16.8 Å². The molecule has 0 aliphatic carbocycles. The van der Waals surface area contributed by atoms with Gasteiger partial charge in [0.05, 0.1) is 11.4 Å². The number of nitrogens with zero attached hydrogens (tertiary/aromatic N) is 1. The van der Waals surface area contributed by atoms with Crippen LogP contribution in [0.3, 0.4) is 0 Å². The lowest BCUT2D eigenvalue weighted by Crippen LogP contribution is -2.13. The van der Waals surface area contributed by atoms with Crippen molar-refractivity contribution in [2.75, 3.05) is 5.32 Å². The zero-order valence-electron chi connectivity index (χ0n) is 10.2. The number of aryl methyl sites for hydroxylation is 2. The van der Waals surface area contributed by atoms with Crippen LogP contribution in [-0.2, 0) is 0 Å². The maximum Gasteiger partial charge on any atom is 0.255 e. The molecule has 0 saturated carbocycles. The highest BCUT2D eigenvalue weighted by molar-refractivity contribution is 6.04. The number of rotatable bonds is 2. The Morgan fingerprint density at radius 3 is 2.72 bits per heavy atom. The summed E-state index contributed by atoms with van der Waals surface area (Å²) in [5.41, 5.74) is 2.27. The standard InChI is InChI=1S/C14H13FN2O/c1-9-8-11(5-6-12(9)15)14(18)17-13-4-3-7-16-10(13)2/h3-8H,1-2H3,(H,17,18). The molecular formula is C14H13FN2O. The minimum atomic E-state index is -0.316. The predicted octanol–water partition coefficient (Wildman–Crippen LogP) is 3.09. The van der Waals surface area contributed by atoms with Crippen molar-refractivity contribution in [1.82, 2.24) is 4.98 Å². The van der Waals surface area contributed by atoms with E-state index in [-0.39, 0.29) is 11.7 Å². The molecular weight excluding hydrogens is 231 g/mol. The van der Waals surface area contributed by atoms with E-state index in [1.54, 1.807) is 25.3 Å². The lowest BCUT2D eigenvalue weighted by molar-refractivity contribution is 0.102. The fraction of sp³-hybridized carbons (Fsp3) is 0.143. The molecule has 0 spiro atoms. The highest BCUT2D eigenvalue weighted by Crippen LogP contribution is 2.14. The summed E-state index contributed by atoms with van der Waals surface area (Å²) in [4.78, 5) is 16.1. The van der Waals surface area contributed by atoms with Crippen LogP contribution in [0, 0.1) is 19.7 Å². The van der Waals surface area contributed by atoms with Gasteiger partial charge in [0.1, 0.15) is 5.82 Å². The van der Waals surface area contributed by atoms with Crippen LogP contribution in [-0.4, -0.2) is 10.9 Å². The first kappa shape index (κ1) is 12.2. The maximum atomic E-state index is 13.1. The molecule has 3 nitrogen and oxygen atoms in total. The summed E-state index contributed by atoms with van der Waals surface area (Å²) >= 11 is 0. The van der Waals surface area contributed by atoms with E-state index in [4.69, 9.17) is 0 Å². The van der Waals surface area contributed by atoms with Gasteiger partial charge in [0.25, 0.3) is 5.91 Å². The second kappa shape index (κ2) is 4.96. The number of pyridine rings is 1. The molecule has 0 fully saturated rings. The third kappa shape index (κ3) is 2.53. The smallest absolute Gasteiger partial charge is 0.255 e. The zero-order chi connectivity index (χ0) is 13.1. The van der Waals surface area contributed by atoms with Crippen LogP contribution in [0.2, 0.25) is 0 Å². The summed E-state index contributed by atoms with van der Waals surface area (Å²) in [5, 5.41) is 2.75. The molecule has 0 unspecified atom stereocenters. The number of hydrogen-bond donors (Lipinski definition) is 1. The zero-order valence-corrected chi connectivity index (χ0v) is 10.2. The number of amides is 1. The quantitative estimate of drug-likeness (QED) is 0.882. The van der Waals surface area contributed by atoms with Gasteiger partial charge < -0.3 is 5.32 Å². The lowest BCUT2D eigenvalue weighted by Gasteiger charge is -2.08. The Hall–Kier alpha value is -2.23. The highest BCUT2D eigenvalue weighted by Gasteiger charge is 2.09. The Morgan fingerprint density at radius 1 is 1.28 bits per heavy atom. The molecule has 2 aromatic rings. The van der Waals surface area contributed by atoms with Gasteiger partial charge in [-0.05, 0) is 49.7 Å². The number of hydrogen-bond acceptors (Lipinski definition) is 2. The van der Waals surface area contributed by atoms with Crippen LogP contribution in [0.25, 0.3) is 0 Å². The minimum absolute atomic E-state index is 0.269. The molecule has 2 rings (SSSR count). The monoisotopic (exact) mass is 244 g/mol. The SMILES string of the molecule is Cc1cc(C(=O)Nc2cccnc2C)ccc1F. The van der Waals surface area contributed by atoms with Crippen molar-refractivity contribution in [3.8, 4) is 0 Å². The first-order valence-corrected chi connectivity index (χ1v) is 5.57. The van der Waals surface area contributed by atoms with Crippen molar-refractivity contribution in [3.05, 3.63) is 59.2 Å². The summed E-state index contributed by atoms with van der Waals surface area (Å²) in [5.74, 6) is -0.585. The van der Waals surface area contributed by atoms with Crippen molar-refractivity contribution in [2.45, 2.75) is 13.8 Å². The Morgan fingerprint density at radius 2 is 2.06 bits per heavy atom. The summed E-state index contributed by atoms with van der Waals surface area (Å²) in [6.45, 7) is 3.44. The predicted molar refractivity (Wildman–Crippen MR) is 68.1 cm³/mol. The number of halogens is 1. The molecule has 18 heavy (non-hydrogen) atoms. The number of carbonyl (C=O) groups excluding carboxylic acids is 1. The van der Waals surface area contributed by atoms with Gasteiger partial charge in [0.2, 0.25) is 0 Å². The number of anilines is 1. The molecule has 0 aliphatic rings. The largest absolute Gasteiger partial charge is 0.320 e. The highest BCUT2D eigenvalue weighted by atomic mass is 19.1. The Labute approximate surface area is 105 Å². The average Bonchev–Trinajstić information content (AvgIpc) is 2.35. The normalized spacial score (nSPS) is 10.2. The van der Waals surface area contributed by atoms with Crippen LogP contribution in [0.5, 0.6) is 0 Å². The van der Waals surface area contributed by atoms with Gasteiger partial charge in [-0.2, -0.15) is 0 Å². The van der Waals surface area contributed by atoms with E-state index < -0.39 is 0 Å². The fourth-order valence-electron chi connectivity index (χ4n) is 1.60. The van der Waals surface area contributed by atoms with E-state index >= 15 is 0 Å². The van der Waals surface area contributed by atoms with Gasteiger partial charge in [0, 0.05) is 11.8 Å². The molecule has 92 valence electrons. The molecule has 1 N–H and O–H groups in total. The summed E-state index contributed by atoms with van der Waals surface area (Å²) < 4.78 is 13.1. The van der Waals surface area contributed by atoms with E-state index in [0.717, 1.165) is 5.69 Å². The summed E-state index contributed by atoms with van der Waals surface area (Å²) in [7, 11) is 0. The van der Waals surface area contributed by atoms with Crippen LogP contribution in [0.1, 0.15) is 21.6 Å². The Kier molecular flexibility index (Phi) is 3.37. The maximum absolute atomic E-state index is 13.1. The van der Waals surface area contributed by atoms with Crippen LogP contribution >= 0.6 is 0 Å². The molecule has 1 aromatic carbocycles. The van der Waals surface area contributed by atoms with Gasteiger partial charge in [0.15, 0.2) is 0 Å². The minimum Gasteiger partial charge on any atom is -0.320 e. The first-order chi connectivity index (χ1) is 8.58. The van der Waals surface area contributed by atoms with Crippen LogP contribution < -0.4 is 5.32 Å². The van der Waals surface area contributed by atoms with Gasteiger partial charge in [-0.15, -0.1) is 0 Å². The van der Waals surface area contributed by atoms with E-state index in [1.165, 1.54) is 18.2 Å². The topological polar surface area (TPSA) is 42.0 Å². The van der Waals surface area contributed by atoms with Crippen molar-refractivity contribution in [1.29, 1.82) is 0 Å². The lowest BCUT2D eigenvalue weighted by atomic mass is 10.1. The van der Waals surface area contributed by atoms with Gasteiger partial charge in [-0.3, -0.25) is 9.78 Å². The van der Waals surface area contributed by atoms with Gasteiger partial charge in [-0.25, -0.2) is 4.39 Å². The third-order valence-corrected chi connectivity index (χ3v) is 2.68. The molecule has 1 amide bonds. The van der Waals surface area contributed by atoms with Gasteiger partial charge >= 0.3 is 0 Å². The third-order valence-electron chi connectivity index (χ3n) is 2.68. The van der Waals surface area contributed by atoms with Crippen molar-refractivity contribution >= 4 is 11.6 Å². The summed E-state index contributed by atoms with van der Waals surface area (Å²) in [6, 6.07) is 7.80. The van der Waals surface area contributed by atoms with Crippen LogP contribution in [0.15, 0.2) is 36.5 Å². The second-order valence-corrected chi connectivity index (χ2v) is 4.05. The molecule has 0 radical (unpaired) electrons. The molecule has 4 heteroatoms. The molecule has 1 aromatic heterocycles. The fourth-order valence-corrected chi connectivity index (χ4v) is 1.60. The van der Waals surface area contributed by atoms with Crippen LogP contribution in [0.4, 0.5) is 10.1 Å². The van der Waals surface area contributed by atoms with Crippen molar-refractivity contribution in [2.24, 2.45) is 0 Å². The molecule has 0 atom stereocenters. The first-order valence-electron chi connectivity index (χ1n) is 5.57. The van der Waals surface area contributed by atoms with E-state index in [1.807, 2.05) is 6.92 Å². The number of benzene rings is 1. The number of carbonyl (C=O) groups is 1. The number of aromatic nitrogens is 1. The van der Waals surface area contributed by atoms with E-state index in [9.17, 15) is 9.18 Å². The molecule has 0 aliphatic heterocycles. The summed E-state index contributed by atoms with van der Waals surface area (Å²) in [6.07, 6.45) is 1.66. The van der Waals surface area contributed by atoms with Crippen molar-refractivity contribution < 1.29 is 9.18 Å². The second-order valence-electron chi connectivity index (χ2n) is 4.05.